The van der Waals surface area contributed by atoms with Gasteiger partial charge in [0.15, 0.2) is 0 Å². The van der Waals surface area contributed by atoms with E-state index in [1.165, 1.54) is 0 Å². The molecule has 2 aromatic rings. The smallest absolute Gasteiger partial charge is 0.226 e. The zero-order chi connectivity index (χ0) is 13.1. The summed E-state index contributed by atoms with van der Waals surface area (Å²) in [5, 5.41) is 16.5. The molecular formula is C13H15N3O2. The zero-order valence-electron chi connectivity index (χ0n) is 10.6. The summed E-state index contributed by atoms with van der Waals surface area (Å²) >= 11 is 0. The molecule has 5 nitrogen and oxygen atoms in total. The van der Waals surface area contributed by atoms with E-state index in [0.717, 1.165) is 11.4 Å². The molecular weight excluding hydrogens is 230 g/mol. The van der Waals surface area contributed by atoms with Gasteiger partial charge in [0, 0.05) is 0 Å². The average Bonchev–Trinajstić information content (AvgIpc) is 2.75. The number of hydrogen-bond donors (Lipinski definition) is 1. The van der Waals surface area contributed by atoms with Crippen molar-refractivity contribution in [2.45, 2.75) is 13.8 Å². The van der Waals surface area contributed by atoms with Crippen molar-refractivity contribution in [3.05, 3.63) is 41.6 Å². The number of aromatic nitrogens is 2. The summed E-state index contributed by atoms with van der Waals surface area (Å²) in [6.07, 6.45) is 0. The second kappa shape index (κ2) is 4.91. The summed E-state index contributed by atoms with van der Waals surface area (Å²) in [5.74, 6) is 0.564. The Kier molecular flexibility index (Phi) is 3.32. The van der Waals surface area contributed by atoms with Crippen LogP contribution in [0.15, 0.2) is 35.5 Å². The second-order valence-corrected chi connectivity index (χ2v) is 3.90. The number of rotatable bonds is 3. The molecule has 0 radical (unpaired) electrons. The van der Waals surface area contributed by atoms with Crippen LogP contribution in [0.25, 0.3) is 5.69 Å². The number of nitrogens with zero attached hydrogens (tertiary/aromatic N) is 3. The summed E-state index contributed by atoms with van der Waals surface area (Å²) in [4.78, 5) is 0. The fourth-order valence-corrected chi connectivity index (χ4v) is 1.91. The van der Waals surface area contributed by atoms with E-state index in [1.54, 1.807) is 18.7 Å². The van der Waals surface area contributed by atoms with Gasteiger partial charge in [0.2, 0.25) is 5.88 Å². The first-order chi connectivity index (χ1) is 8.69. The highest BCUT2D eigenvalue weighted by Crippen LogP contribution is 2.26. The Balaban J connectivity index is 2.64. The maximum Gasteiger partial charge on any atom is 0.226 e. The summed E-state index contributed by atoms with van der Waals surface area (Å²) in [5.41, 5.74) is 2.84. The minimum Gasteiger partial charge on any atom is -0.480 e. The fourth-order valence-electron chi connectivity index (χ4n) is 1.91. The molecule has 2 rings (SSSR count). The number of aryl methyl sites for hydroxylation is 1. The minimum absolute atomic E-state index is 0.478. The molecule has 94 valence electrons. The Bertz CT molecular complexity index is 573. The fraction of sp³-hybridized carbons (Fsp3) is 0.231. The lowest BCUT2D eigenvalue weighted by Gasteiger charge is -2.07. The van der Waals surface area contributed by atoms with Crippen LogP contribution < -0.4 is 4.74 Å². The third kappa shape index (κ3) is 1.95. The van der Waals surface area contributed by atoms with Crippen LogP contribution >= 0.6 is 0 Å². The standard InChI is InChI=1S/C13H15N3O2/c1-9-12(10(2)15-17)13(18-3)16(14-9)11-7-5-4-6-8-11/h4-8,17H,1-3H3/b15-10-. The Hall–Kier alpha value is -2.30. The van der Waals surface area contributed by atoms with Crippen molar-refractivity contribution < 1.29 is 9.94 Å². The largest absolute Gasteiger partial charge is 0.480 e. The second-order valence-electron chi connectivity index (χ2n) is 3.90. The third-order valence-electron chi connectivity index (χ3n) is 2.72. The molecule has 0 spiro atoms. The average molecular weight is 245 g/mol. The quantitative estimate of drug-likeness (QED) is 0.513. The van der Waals surface area contributed by atoms with Gasteiger partial charge in [-0.25, -0.2) is 4.68 Å². The SMILES string of the molecule is COc1c(/C(C)=N\O)c(C)nn1-c1ccccc1. The van der Waals surface area contributed by atoms with Crippen molar-refractivity contribution in [1.82, 2.24) is 9.78 Å². The molecule has 1 N–H and O–H groups in total. The molecule has 1 aromatic heterocycles. The van der Waals surface area contributed by atoms with Crippen LogP contribution in [0.1, 0.15) is 18.2 Å². The maximum atomic E-state index is 8.91. The summed E-state index contributed by atoms with van der Waals surface area (Å²) in [7, 11) is 1.57. The van der Waals surface area contributed by atoms with Crippen molar-refractivity contribution in [3.8, 4) is 11.6 Å². The van der Waals surface area contributed by atoms with Gasteiger partial charge < -0.3 is 9.94 Å². The zero-order valence-corrected chi connectivity index (χ0v) is 10.6. The molecule has 0 saturated carbocycles. The summed E-state index contributed by atoms with van der Waals surface area (Å²) in [6.45, 7) is 3.56. The topological polar surface area (TPSA) is 59.6 Å². The first kappa shape index (κ1) is 12.2. The van der Waals surface area contributed by atoms with E-state index in [4.69, 9.17) is 9.94 Å². The van der Waals surface area contributed by atoms with E-state index < -0.39 is 0 Å². The molecule has 0 aliphatic carbocycles. The van der Waals surface area contributed by atoms with Crippen molar-refractivity contribution in [1.29, 1.82) is 0 Å². The molecule has 0 fully saturated rings. The Morgan fingerprint density at radius 1 is 1.33 bits per heavy atom. The van der Waals surface area contributed by atoms with Gasteiger partial charge in [-0.2, -0.15) is 5.10 Å². The van der Waals surface area contributed by atoms with Gasteiger partial charge in [0.05, 0.1) is 29.8 Å². The van der Waals surface area contributed by atoms with Crippen LogP contribution in [0, 0.1) is 6.92 Å². The van der Waals surface area contributed by atoms with Crippen LogP contribution in [0.4, 0.5) is 0 Å². The predicted octanol–water partition coefficient (Wildman–Crippen LogP) is 2.39. The van der Waals surface area contributed by atoms with Gasteiger partial charge in [-0.3, -0.25) is 0 Å². The van der Waals surface area contributed by atoms with Crippen molar-refractivity contribution in [2.24, 2.45) is 5.16 Å². The molecule has 0 bridgehead atoms. The molecule has 0 unspecified atom stereocenters. The number of methoxy groups -OCH3 is 1. The Morgan fingerprint density at radius 2 is 2.00 bits per heavy atom. The van der Waals surface area contributed by atoms with Gasteiger partial charge in [-0.05, 0) is 26.0 Å². The van der Waals surface area contributed by atoms with E-state index in [9.17, 15) is 0 Å². The summed E-state index contributed by atoms with van der Waals surface area (Å²) < 4.78 is 7.08. The first-order valence-corrected chi connectivity index (χ1v) is 5.57. The molecule has 0 aliphatic rings. The summed E-state index contributed by atoms with van der Waals surface area (Å²) in [6, 6.07) is 9.67. The van der Waals surface area contributed by atoms with E-state index in [-0.39, 0.29) is 0 Å². The van der Waals surface area contributed by atoms with E-state index >= 15 is 0 Å². The van der Waals surface area contributed by atoms with Crippen LogP contribution in [0.2, 0.25) is 0 Å². The molecule has 0 atom stereocenters. The molecule has 0 amide bonds. The molecule has 0 aliphatic heterocycles. The van der Waals surface area contributed by atoms with E-state index in [1.807, 2.05) is 37.3 Å². The van der Waals surface area contributed by atoms with E-state index in [2.05, 4.69) is 10.3 Å². The molecule has 1 heterocycles. The van der Waals surface area contributed by atoms with Crippen LogP contribution in [0.5, 0.6) is 5.88 Å². The molecule has 18 heavy (non-hydrogen) atoms. The van der Waals surface area contributed by atoms with Gasteiger partial charge >= 0.3 is 0 Å². The van der Waals surface area contributed by atoms with Gasteiger partial charge in [0.1, 0.15) is 0 Å². The lowest BCUT2D eigenvalue weighted by Crippen LogP contribution is -2.02. The highest BCUT2D eigenvalue weighted by Gasteiger charge is 2.19. The third-order valence-corrected chi connectivity index (χ3v) is 2.72. The van der Waals surface area contributed by atoms with Gasteiger partial charge in [-0.15, -0.1) is 0 Å². The molecule has 0 saturated heterocycles. The predicted molar refractivity (Wildman–Crippen MR) is 68.9 cm³/mol. The number of benzene rings is 1. The molecule has 5 heteroatoms. The normalized spacial score (nSPS) is 11.6. The number of hydrogen-bond acceptors (Lipinski definition) is 4. The highest BCUT2D eigenvalue weighted by molar-refractivity contribution is 6.01. The maximum absolute atomic E-state index is 8.91. The Labute approximate surface area is 105 Å². The lowest BCUT2D eigenvalue weighted by molar-refractivity contribution is 0.318. The number of oxime groups is 1. The number of ether oxygens (including phenoxy) is 1. The number of para-hydroxylation sites is 1. The van der Waals surface area contributed by atoms with Crippen molar-refractivity contribution in [3.63, 3.8) is 0 Å². The van der Waals surface area contributed by atoms with Crippen LogP contribution in [0.3, 0.4) is 0 Å². The van der Waals surface area contributed by atoms with Crippen molar-refractivity contribution >= 4 is 5.71 Å². The van der Waals surface area contributed by atoms with E-state index in [0.29, 0.717) is 17.2 Å². The molecule has 1 aromatic carbocycles. The monoisotopic (exact) mass is 245 g/mol. The highest BCUT2D eigenvalue weighted by atomic mass is 16.5. The first-order valence-electron chi connectivity index (χ1n) is 5.57. The van der Waals surface area contributed by atoms with Gasteiger partial charge in [0.25, 0.3) is 0 Å². The Morgan fingerprint density at radius 3 is 2.56 bits per heavy atom. The minimum atomic E-state index is 0.478. The van der Waals surface area contributed by atoms with Crippen LogP contribution in [-0.4, -0.2) is 27.8 Å². The van der Waals surface area contributed by atoms with Gasteiger partial charge in [-0.1, -0.05) is 23.4 Å². The van der Waals surface area contributed by atoms with Crippen LogP contribution in [-0.2, 0) is 0 Å². The van der Waals surface area contributed by atoms with Crippen molar-refractivity contribution in [2.75, 3.05) is 7.11 Å². The lowest BCUT2D eigenvalue weighted by atomic mass is 10.2.